The zero-order valence-corrected chi connectivity index (χ0v) is 14.2. The maximum absolute atomic E-state index is 13.1. The summed E-state index contributed by atoms with van der Waals surface area (Å²) in [5.74, 6) is -0.323. The first-order valence-electron chi connectivity index (χ1n) is 8.30. The molecule has 2 aromatic rings. The van der Waals surface area contributed by atoms with Gasteiger partial charge in [0, 0.05) is 12.1 Å². The molecule has 2 aliphatic heterocycles. The Labute approximate surface area is 146 Å². The van der Waals surface area contributed by atoms with Crippen LogP contribution in [0.5, 0.6) is 5.75 Å². The summed E-state index contributed by atoms with van der Waals surface area (Å²) in [6, 6.07) is 13.0. The molecule has 4 rings (SSSR count). The Morgan fingerprint density at radius 2 is 1.92 bits per heavy atom. The maximum atomic E-state index is 13.1. The minimum absolute atomic E-state index is 0.0615. The van der Waals surface area contributed by atoms with Crippen LogP contribution >= 0.6 is 0 Å². The predicted molar refractivity (Wildman–Crippen MR) is 91.7 cm³/mol. The van der Waals surface area contributed by atoms with Crippen LogP contribution < -0.4 is 4.74 Å². The standard InChI is InChI=1S/C20H19NO4/c1-24-13-7-8-15-16(11-13)19(22)21-10-9-12-5-3-4-6-14(12)18(21)17(15)20(23)25-2/h3-8,11,17-18H,9-10H2,1-2H3/t17-,18-/m0/s1. The molecule has 0 spiro atoms. The third-order valence-corrected chi connectivity index (χ3v) is 5.19. The van der Waals surface area contributed by atoms with Crippen molar-refractivity contribution in [3.8, 4) is 5.75 Å². The molecule has 128 valence electrons. The lowest BCUT2D eigenvalue weighted by Gasteiger charge is -2.44. The summed E-state index contributed by atoms with van der Waals surface area (Å²) in [6.07, 6.45) is 0.783. The fourth-order valence-corrected chi connectivity index (χ4v) is 4.01. The van der Waals surface area contributed by atoms with Crippen LogP contribution in [0, 0.1) is 0 Å². The lowest BCUT2D eigenvalue weighted by molar-refractivity contribution is -0.144. The summed E-state index contributed by atoms with van der Waals surface area (Å²) < 4.78 is 10.4. The molecule has 0 fully saturated rings. The van der Waals surface area contributed by atoms with E-state index in [1.807, 2.05) is 24.3 Å². The zero-order valence-electron chi connectivity index (χ0n) is 14.2. The van der Waals surface area contributed by atoms with Gasteiger partial charge in [-0.15, -0.1) is 0 Å². The Balaban J connectivity index is 1.94. The van der Waals surface area contributed by atoms with Crippen LogP contribution in [0.3, 0.4) is 0 Å². The minimum Gasteiger partial charge on any atom is -0.497 e. The van der Waals surface area contributed by atoms with Gasteiger partial charge in [-0.1, -0.05) is 30.3 Å². The van der Waals surface area contributed by atoms with Gasteiger partial charge in [0.05, 0.1) is 20.3 Å². The van der Waals surface area contributed by atoms with Gasteiger partial charge in [0.2, 0.25) is 0 Å². The number of carbonyl (C=O) groups excluding carboxylic acids is 2. The number of nitrogens with zero attached hydrogens (tertiary/aromatic N) is 1. The molecule has 1 amide bonds. The van der Waals surface area contributed by atoms with Gasteiger partial charge >= 0.3 is 5.97 Å². The normalized spacial score (nSPS) is 21.0. The number of carbonyl (C=O) groups is 2. The summed E-state index contributed by atoms with van der Waals surface area (Å²) in [5.41, 5.74) is 3.43. The van der Waals surface area contributed by atoms with E-state index in [4.69, 9.17) is 9.47 Å². The highest BCUT2D eigenvalue weighted by Crippen LogP contribution is 2.46. The van der Waals surface area contributed by atoms with E-state index in [9.17, 15) is 9.59 Å². The van der Waals surface area contributed by atoms with Gasteiger partial charge in [0.15, 0.2) is 0 Å². The molecule has 0 aromatic heterocycles. The summed E-state index contributed by atoms with van der Waals surface area (Å²) >= 11 is 0. The number of ether oxygens (including phenoxy) is 2. The highest BCUT2D eigenvalue weighted by atomic mass is 16.5. The van der Waals surface area contributed by atoms with E-state index in [1.54, 1.807) is 24.1 Å². The summed E-state index contributed by atoms with van der Waals surface area (Å²) in [7, 11) is 2.95. The smallest absolute Gasteiger partial charge is 0.315 e. The number of methoxy groups -OCH3 is 2. The molecular formula is C20H19NO4. The first-order chi connectivity index (χ1) is 12.2. The zero-order chi connectivity index (χ0) is 17.6. The Kier molecular flexibility index (Phi) is 3.71. The van der Waals surface area contributed by atoms with E-state index in [2.05, 4.69) is 6.07 Å². The van der Waals surface area contributed by atoms with Gasteiger partial charge in [-0.3, -0.25) is 9.59 Å². The molecule has 5 nitrogen and oxygen atoms in total. The van der Waals surface area contributed by atoms with E-state index in [-0.39, 0.29) is 17.9 Å². The average Bonchev–Trinajstić information content (AvgIpc) is 2.67. The quantitative estimate of drug-likeness (QED) is 0.791. The fourth-order valence-electron chi connectivity index (χ4n) is 4.01. The second kappa shape index (κ2) is 5.92. The van der Waals surface area contributed by atoms with Crippen LogP contribution in [0.1, 0.15) is 39.0 Å². The van der Waals surface area contributed by atoms with E-state index in [0.29, 0.717) is 23.4 Å². The van der Waals surface area contributed by atoms with Crippen molar-refractivity contribution < 1.29 is 19.1 Å². The molecule has 2 aromatic carbocycles. The summed E-state index contributed by atoms with van der Waals surface area (Å²) in [4.78, 5) is 27.6. The Hall–Kier alpha value is -2.82. The van der Waals surface area contributed by atoms with E-state index < -0.39 is 5.92 Å². The molecule has 0 saturated carbocycles. The molecule has 2 heterocycles. The van der Waals surface area contributed by atoms with Crippen molar-refractivity contribution in [3.05, 3.63) is 64.7 Å². The van der Waals surface area contributed by atoms with Crippen molar-refractivity contribution in [2.75, 3.05) is 20.8 Å². The van der Waals surface area contributed by atoms with Crippen LogP contribution in [-0.2, 0) is 16.0 Å². The average molecular weight is 337 g/mol. The first kappa shape index (κ1) is 15.7. The Bertz CT molecular complexity index is 861. The van der Waals surface area contributed by atoms with Crippen LogP contribution in [0.2, 0.25) is 0 Å². The van der Waals surface area contributed by atoms with Gasteiger partial charge in [0.1, 0.15) is 11.7 Å². The van der Waals surface area contributed by atoms with Crippen molar-refractivity contribution in [1.29, 1.82) is 0 Å². The second-order valence-electron chi connectivity index (χ2n) is 6.35. The molecule has 0 unspecified atom stereocenters. The highest BCUT2D eigenvalue weighted by Gasteiger charge is 2.46. The van der Waals surface area contributed by atoms with Crippen molar-refractivity contribution in [2.24, 2.45) is 0 Å². The number of amides is 1. The number of benzene rings is 2. The number of hydrogen-bond acceptors (Lipinski definition) is 4. The monoisotopic (exact) mass is 337 g/mol. The van der Waals surface area contributed by atoms with Gasteiger partial charge in [-0.05, 0) is 35.2 Å². The third-order valence-electron chi connectivity index (χ3n) is 5.19. The maximum Gasteiger partial charge on any atom is 0.315 e. The van der Waals surface area contributed by atoms with Crippen LogP contribution in [0.4, 0.5) is 0 Å². The molecule has 0 saturated heterocycles. The molecule has 2 atom stereocenters. The molecule has 2 aliphatic rings. The number of fused-ring (bicyclic) bond motifs is 4. The minimum atomic E-state index is -0.537. The molecule has 25 heavy (non-hydrogen) atoms. The molecule has 5 heteroatoms. The van der Waals surface area contributed by atoms with E-state index in [0.717, 1.165) is 12.0 Å². The van der Waals surface area contributed by atoms with Crippen LogP contribution in [0.15, 0.2) is 42.5 Å². The van der Waals surface area contributed by atoms with Gasteiger partial charge in [0.25, 0.3) is 5.91 Å². The van der Waals surface area contributed by atoms with Crippen molar-refractivity contribution >= 4 is 11.9 Å². The molecule has 0 radical (unpaired) electrons. The van der Waals surface area contributed by atoms with Crippen molar-refractivity contribution in [1.82, 2.24) is 4.90 Å². The highest BCUT2D eigenvalue weighted by molar-refractivity contribution is 6.01. The molecule has 0 aliphatic carbocycles. The Morgan fingerprint density at radius 3 is 2.68 bits per heavy atom. The van der Waals surface area contributed by atoms with E-state index >= 15 is 0 Å². The SMILES string of the molecule is COC(=O)[C@H]1c2ccc(OC)cc2C(=O)N2CCc3ccccc3[C@@H]12. The Morgan fingerprint density at radius 1 is 1.12 bits per heavy atom. The van der Waals surface area contributed by atoms with Crippen LogP contribution in [0.25, 0.3) is 0 Å². The summed E-state index contributed by atoms with van der Waals surface area (Å²) in [6.45, 7) is 0.588. The number of hydrogen-bond donors (Lipinski definition) is 0. The topological polar surface area (TPSA) is 55.8 Å². The van der Waals surface area contributed by atoms with Gasteiger partial charge < -0.3 is 14.4 Å². The first-order valence-corrected chi connectivity index (χ1v) is 8.30. The van der Waals surface area contributed by atoms with Gasteiger partial charge in [-0.2, -0.15) is 0 Å². The number of esters is 1. The molecular weight excluding hydrogens is 318 g/mol. The van der Waals surface area contributed by atoms with Crippen molar-refractivity contribution in [2.45, 2.75) is 18.4 Å². The largest absolute Gasteiger partial charge is 0.497 e. The summed E-state index contributed by atoms with van der Waals surface area (Å²) in [5, 5.41) is 0. The lowest BCUT2D eigenvalue weighted by Crippen LogP contribution is -2.48. The predicted octanol–water partition coefficient (Wildman–Crippen LogP) is 2.71. The molecule has 0 bridgehead atoms. The molecule has 0 N–H and O–H groups in total. The lowest BCUT2D eigenvalue weighted by atomic mass is 9.76. The van der Waals surface area contributed by atoms with Crippen LogP contribution in [-0.4, -0.2) is 37.5 Å². The van der Waals surface area contributed by atoms with E-state index in [1.165, 1.54) is 12.7 Å². The number of rotatable bonds is 2. The third kappa shape index (κ3) is 2.30. The van der Waals surface area contributed by atoms with Gasteiger partial charge in [-0.25, -0.2) is 0 Å². The van der Waals surface area contributed by atoms with Crippen molar-refractivity contribution in [3.63, 3.8) is 0 Å². The second-order valence-corrected chi connectivity index (χ2v) is 6.35. The fraction of sp³-hybridized carbons (Fsp3) is 0.300.